The maximum Gasteiger partial charge on any atom is 0.150 e. The maximum absolute atomic E-state index is 5.74. The minimum atomic E-state index is 0.312. The summed E-state index contributed by atoms with van der Waals surface area (Å²) in [5.74, 6) is 2.52. The predicted molar refractivity (Wildman–Crippen MR) is 117 cm³/mol. The standard InChI is InChI=1S/C24H27N5O/c1-30-22-14-18-6-2-5-17(18)13-19(22)16-29-12-4-8-21(29)20-7-3-9-23(27-20)28-24-15-25-10-11-26-24/h3,7,9-11,13-15,21H,2,4-6,8,12,16H2,1H3,(H,26,27,28)/t21-/m1/s1. The molecule has 1 aliphatic carbocycles. The third-order valence-electron chi connectivity index (χ3n) is 6.16. The second kappa shape index (κ2) is 8.40. The quantitative estimate of drug-likeness (QED) is 0.658. The van der Waals surface area contributed by atoms with E-state index in [1.54, 1.807) is 25.7 Å². The molecule has 1 atom stereocenters. The van der Waals surface area contributed by atoms with Gasteiger partial charge < -0.3 is 10.1 Å². The molecule has 0 bridgehead atoms. The summed E-state index contributed by atoms with van der Waals surface area (Å²) in [6.45, 7) is 1.97. The van der Waals surface area contributed by atoms with Crippen LogP contribution in [0.3, 0.4) is 0 Å². The Hall–Kier alpha value is -2.99. The summed E-state index contributed by atoms with van der Waals surface area (Å²) < 4.78 is 5.74. The molecule has 1 N–H and O–H groups in total. The molecule has 5 rings (SSSR count). The van der Waals surface area contributed by atoms with Gasteiger partial charge in [-0.25, -0.2) is 9.97 Å². The van der Waals surface area contributed by atoms with Crippen molar-refractivity contribution in [3.05, 3.63) is 71.3 Å². The Morgan fingerprint density at radius 2 is 2.00 bits per heavy atom. The molecule has 1 fully saturated rings. The number of likely N-dealkylation sites (tertiary alicyclic amines) is 1. The van der Waals surface area contributed by atoms with Crippen molar-refractivity contribution < 1.29 is 4.74 Å². The van der Waals surface area contributed by atoms with Gasteiger partial charge in [-0.05, 0) is 68.0 Å². The van der Waals surface area contributed by atoms with Crippen molar-refractivity contribution in [2.75, 3.05) is 19.0 Å². The molecule has 2 aliphatic rings. The number of pyridine rings is 1. The Bertz CT molecular complexity index is 1020. The van der Waals surface area contributed by atoms with Crippen LogP contribution in [0.25, 0.3) is 0 Å². The van der Waals surface area contributed by atoms with Crippen molar-refractivity contribution in [3.63, 3.8) is 0 Å². The van der Waals surface area contributed by atoms with Crippen LogP contribution in [0.1, 0.15) is 47.7 Å². The molecule has 1 saturated heterocycles. The van der Waals surface area contributed by atoms with E-state index in [9.17, 15) is 0 Å². The predicted octanol–water partition coefficient (Wildman–Crippen LogP) is 4.45. The minimum Gasteiger partial charge on any atom is -0.496 e. The molecule has 3 heterocycles. The van der Waals surface area contributed by atoms with Crippen molar-refractivity contribution in [2.24, 2.45) is 0 Å². The van der Waals surface area contributed by atoms with E-state index < -0.39 is 0 Å². The molecule has 0 radical (unpaired) electrons. The number of hydrogen-bond donors (Lipinski definition) is 1. The highest BCUT2D eigenvalue weighted by atomic mass is 16.5. The number of fused-ring (bicyclic) bond motifs is 1. The molecule has 1 aromatic carbocycles. The van der Waals surface area contributed by atoms with Crippen LogP contribution in [0.15, 0.2) is 48.9 Å². The summed E-state index contributed by atoms with van der Waals surface area (Å²) in [5.41, 5.74) is 5.34. The van der Waals surface area contributed by atoms with Crippen molar-refractivity contribution in [2.45, 2.75) is 44.7 Å². The maximum atomic E-state index is 5.74. The average molecular weight is 402 g/mol. The van der Waals surface area contributed by atoms with E-state index in [1.165, 1.54) is 42.4 Å². The van der Waals surface area contributed by atoms with Crippen LogP contribution in [0, 0.1) is 0 Å². The fourth-order valence-corrected chi connectivity index (χ4v) is 4.74. The van der Waals surface area contributed by atoms with Gasteiger partial charge in [-0.2, -0.15) is 0 Å². The molecule has 154 valence electrons. The summed E-state index contributed by atoms with van der Waals surface area (Å²) in [6.07, 6.45) is 11.0. The van der Waals surface area contributed by atoms with E-state index in [1.807, 2.05) is 6.07 Å². The Kier molecular flexibility index (Phi) is 5.32. The van der Waals surface area contributed by atoms with Gasteiger partial charge in [0.2, 0.25) is 0 Å². The van der Waals surface area contributed by atoms with Crippen LogP contribution >= 0.6 is 0 Å². The summed E-state index contributed by atoms with van der Waals surface area (Å²) >= 11 is 0. The molecule has 2 aromatic heterocycles. The third kappa shape index (κ3) is 3.87. The normalized spacial score (nSPS) is 18.4. The second-order valence-electron chi connectivity index (χ2n) is 8.08. The van der Waals surface area contributed by atoms with E-state index in [4.69, 9.17) is 9.72 Å². The SMILES string of the molecule is COc1cc2c(cc1CN1CCC[C@@H]1c1cccc(Nc3cnccn3)n1)CCC2. The Morgan fingerprint density at radius 1 is 1.10 bits per heavy atom. The number of benzene rings is 1. The van der Waals surface area contributed by atoms with Crippen LogP contribution in [-0.2, 0) is 19.4 Å². The number of nitrogens with zero attached hydrogens (tertiary/aromatic N) is 4. The largest absolute Gasteiger partial charge is 0.496 e. The van der Waals surface area contributed by atoms with Crippen LogP contribution < -0.4 is 10.1 Å². The topological polar surface area (TPSA) is 63.2 Å². The average Bonchev–Trinajstić information content (AvgIpc) is 3.43. The number of hydrogen-bond acceptors (Lipinski definition) is 6. The van der Waals surface area contributed by atoms with E-state index in [2.05, 4.69) is 44.5 Å². The van der Waals surface area contributed by atoms with Gasteiger partial charge in [0, 0.05) is 24.5 Å². The van der Waals surface area contributed by atoms with E-state index in [0.717, 1.165) is 36.8 Å². The molecule has 0 amide bonds. The fraction of sp³-hybridized carbons (Fsp3) is 0.375. The molecule has 1 aliphatic heterocycles. The first-order valence-electron chi connectivity index (χ1n) is 10.7. The number of anilines is 2. The molecule has 6 nitrogen and oxygen atoms in total. The van der Waals surface area contributed by atoms with Crippen molar-refractivity contribution in [3.8, 4) is 5.75 Å². The molecule has 0 unspecified atom stereocenters. The van der Waals surface area contributed by atoms with Gasteiger partial charge >= 0.3 is 0 Å². The fourth-order valence-electron chi connectivity index (χ4n) is 4.74. The Morgan fingerprint density at radius 3 is 2.83 bits per heavy atom. The van der Waals surface area contributed by atoms with Gasteiger partial charge in [0.1, 0.15) is 17.4 Å². The Labute approximate surface area is 177 Å². The van der Waals surface area contributed by atoms with Gasteiger partial charge in [-0.15, -0.1) is 0 Å². The summed E-state index contributed by atoms with van der Waals surface area (Å²) in [7, 11) is 1.78. The molecule has 6 heteroatoms. The van der Waals surface area contributed by atoms with Gasteiger partial charge in [0.15, 0.2) is 0 Å². The zero-order valence-corrected chi connectivity index (χ0v) is 17.3. The summed E-state index contributed by atoms with van der Waals surface area (Å²) in [5, 5.41) is 3.26. The van der Waals surface area contributed by atoms with Crippen LogP contribution in [0.2, 0.25) is 0 Å². The van der Waals surface area contributed by atoms with E-state index >= 15 is 0 Å². The molecule has 0 saturated carbocycles. The van der Waals surface area contributed by atoms with Crippen LogP contribution in [-0.4, -0.2) is 33.5 Å². The Balaban J connectivity index is 1.36. The second-order valence-corrected chi connectivity index (χ2v) is 8.08. The lowest BCUT2D eigenvalue weighted by atomic mass is 10.0. The lowest BCUT2D eigenvalue weighted by molar-refractivity contribution is 0.240. The highest BCUT2D eigenvalue weighted by molar-refractivity contribution is 5.50. The first-order valence-corrected chi connectivity index (χ1v) is 10.7. The van der Waals surface area contributed by atoms with Crippen LogP contribution in [0.5, 0.6) is 5.75 Å². The van der Waals surface area contributed by atoms with E-state index in [0.29, 0.717) is 11.9 Å². The lowest BCUT2D eigenvalue weighted by Gasteiger charge is -2.25. The molecule has 3 aromatic rings. The number of aryl methyl sites for hydroxylation is 2. The zero-order chi connectivity index (χ0) is 20.3. The first-order chi connectivity index (χ1) is 14.8. The monoisotopic (exact) mass is 401 g/mol. The molecular weight excluding hydrogens is 374 g/mol. The van der Waals surface area contributed by atoms with E-state index in [-0.39, 0.29) is 0 Å². The smallest absolute Gasteiger partial charge is 0.150 e. The van der Waals surface area contributed by atoms with Gasteiger partial charge in [-0.3, -0.25) is 9.88 Å². The van der Waals surface area contributed by atoms with Crippen molar-refractivity contribution >= 4 is 11.6 Å². The molecule has 0 spiro atoms. The van der Waals surface area contributed by atoms with Gasteiger partial charge in [-0.1, -0.05) is 12.1 Å². The number of rotatable bonds is 6. The number of methoxy groups -OCH3 is 1. The van der Waals surface area contributed by atoms with Crippen molar-refractivity contribution in [1.29, 1.82) is 0 Å². The van der Waals surface area contributed by atoms with Gasteiger partial charge in [0.25, 0.3) is 0 Å². The first kappa shape index (κ1) is 19.0. The van der Waals surface area contributed by atoms with Crippen LogP contribution in [0.4, 0.5) is 11.6 Å². The highest BCUT2D eigenvalue weighted by Gasteiger charge is 2.28. The highest BCUT2D eigenvalue weighted by Crippen LogP contribution is 2.36. The lowest BCUT2D eigenvalue weighted by Crippen LogP contribution is -2.24. The minimum absolute atomic E-state index is 0.312. The molecule has 30 heavy (non-hydrogen) atoms. The number of aromatic nitrogens is 3. The van der Waals surface area contributed by atoms with Crippen molar-refractivity contribution in [1.82, 2.24) is 19.9 Å². The molecular formula is C24H27N5O. The number of ether oxygens (including phenoxy) is 1. The number of nitrogens with one attached hydrogen (secondary N) is 1. The third-order valence-corrected chi connectivity index (χ3v) is 6.16. The van der Waals surface area contributed by atoms with Gasteiger partial charge in [0.05, 0.1) is 25.0 Å². The zero-order valence-electron chi connectivity index (χ0n) is 17.3. The summed E-state index contributed by atoms with van der Waals surface area (Å²) in [6, 6.07) is 11.1. The summed E-state index contributed by atoms with van der Waals surface area (Å²) in [4.78, 5) is 15.8.